The number of nitrogens with one attached hydrogen (secondary N) is 1. The molecule has 1 aliphatic rings. The van der Waals surface area contributed by atoms with Crippen molar-refractivity contribution >= 4 is 17.7 Å². The van der Waals surface area contributed by atoms with Crippen LogP contribution in [0.15, 0.2) is 12.2 Å². The molecule has 0 bridgehead atoms. The van der Waals surface area contributed by atoms with Crippen LogP contribution in [0, 0.1) is 10.8 Å². The highest BCUT2D eigenvalue weighted by molar-refractivity contribution is 6.12. The van der Waals surface area contributed by atoms with Crippen molar-refractivity contribution in [1.29, 1.82) is 0 Å². The third-order valence-corrected chi connectivity index (χ3v) is 4.35. The van der Waals surface area contributed by atoms with E-state index in [1.807, 2.05) is 13.8 Å². The van der Waals surface area contributed by atoms with E-state index in [0.29, 0.717) is 13.0 Å². The Morgan fingerprint density at radius 1 is 1.04 bits per heavy atom. The van der Waals surface area contributed by atoms with Crippen molar-refractivity contribution in [3.8, 4) is 0 Å². The van der Waals surface area contributed by atoms with Crippen LogP contribution in [0.4, 0.5) is 0 Å². The van der Waals surface area contributed by atoms with Gasteiger partial charge >= 0.3 is 0 Å². The van der Waals surface area contributed by atoms with Gasteiger partial charge in [0.15, 0.2) is 0 Å². The van der Waals surface area contributed by atoms with Crippen LogP contribution in [0.5, 0.6) is 0 Å². The average molecular weight is 336 g/mol. The van der Waals surface area contributed by atoms with Crippen molar-refractivity contribution in [3.05, 3.63) is 12.2 Å². The van der Waals surface area contributed by atoms with Crippen molar-refractivity contribution in [2.24, 2.45) is 10.8 Å². The van der Waals surface area contributed by atoms with Gasteiger partial charge in [0.2, 0.25) is 5.91 Å². The highest BCUT2D eigenvalue weighted by Gasteiger charge is 2.31. The molecular formula is C19H32N2O3. The molecule has 1 N–H and O–H groups in total. The fourth-order valence-corrected chi connectivity index (χ4v) is 3.38. The zero-order valence-corrected chi connectivity index (χ0v) is 15.9. The maximum absolute atomic E-state index is 11.8. The Kier molecular flexibility index (Phi) is 6.76. The van der Waals surface area contributed by atoms with Crippen molar-refractivity contribution in [2.75, 3.05) is 6.54 Å². The molecule has 0 spiro atoms. The Morgan fingerprint density at radius 3 is 2.04 bits per heavy atom. The van der Waals surface area contributed by atoms with Gasteiger partial charge in [0.1, 0.15) is 0 Å². The van der Waals surface area contributed by atoms with Crippen molar-refractivity contribution < 1.29 is 14.4 Å². The van der Waals surface area contributed by atoms with Gasteiger partial charge in [-0.25, -0.2) is 0 Å². The lowest BCUT2D eigenvalue weighted by atomic mass is 9.71. The Bertz CT molecular complexity index is 501. The third-order valence-electron chi connectivity index (χ3n) is 4.35. The molecule has 0 fully saturated rings. The largest absolute Gasteiger partial charge is 0.354 e. The Morgan fingerprint density at radius 2 is 1.54 bits per heavy atom. The molecule has 0 unspecified atom stereocenters. The summed E-state index contributed by atoms with van der Waals surface area (Å²) in [7, 11) is 0. The van der Waals surface area contributed by atoms with Gasteiger partial charge in [0.25, 0.3) is 11.8 Å². The number of imide groups is 1. The second kappa shape index (κ2) is 7.95. The fourth-order valence-electron chi connectivity index (χ4n) is 3.38. The molecule has 0 radical (unpaired) electrons. The van der Waals surface area contributed by atoms with E-state index in [1.165, 1.54) is 17.1 Å². The third kappa shape index (κ3) is 6.85. The normalized spacial score (nSPS) is 15.5. The number of amides is 3. The minimum atomic E-state index is -0.222. The molecule has 1 heterocycles. The maximum Gasteiger partial charge on any atom is 0.253 e. The van der Waals surface area contributed by atoms with Crippen LogP contribution >= 0.6 is 0 Å². The molecule has 0 saturated heterocycles. The molecule has 0 aromatic rings. The van der Waals surface area contributed by atoms with Crippen molar-refractivity contribution in [3.63, 3.8) is 0 Å². The predicted octanol–water partition coefficient (Wildman–Crippen LogP) is 3.05. The molecular weight excluding hydrogens is 304 g/mol. The van der Waals surface area contributed by atoms with Crippen LogP contribution in [0.25, 0.3) is 0 Å². The molecule has 0 saturated carbocycles. The van der Waals surface area contributed by atoms with Gasteiger partial charge < -0.3 is 5.32 Å². The van der Waals surface area contributed by atoms with E-state index in [4.69, 9.17) is 0 Å². The topological polar surface area (TPSA) is 66.5 Å². The van der Waals surface area contributed by atoms with Gasteiger partial charge in [0.05, 0.1) is 0 Å². The van der Waals surface area contributed by atoms with Gasteiger partial charge in [-0.1, -0.05) is 27.7 Å². The number of rotatable bonds is 9. The molecule has 1 aliphatic heterocycles. The zero-order chi connectivity index (χ0) is 18.5. The van der Waals surface area contributed by atoms with E-state index in [-0.39, 0.29) is 34.6 Å². The SMILES string of the molecule is CC(C)NC(=O)CCC(C)(C)CC(C)(C)CCN1C(=O)C=CC1=O. The summed E-state index contributed by atoms with van der Waals surface area (Å²) in [5.74, 6) is -0.351. The molecule has 1 rings (SSSR count). The minimum Gasteiger partial charge on any atom is -0.354 e. The standard InChI is InChI=1S/C19H32N2O3/c1-14(2)20-15(22)9-10-18(3,4)13-19(5,6)11-12-21-16(23)7-8-17(21)24/h7-8,14H,9-13H2,1-6H3,(H,20,22). The molecule has 0 aromatic carbocycles. The first-order valence-corrected chi connectivity index (χ1v) is 8.75. The smallest absolute Gasteiger partial charge is 0.253 e. The number of hydrogen-bond donors (Lipinski definition) is 1. The minimum absolute atomic E-state index is 0.0127. The molecule has 5 nitrogen and oxygen atoms in total. The summed E-state index contributed by atoms with van der Waals surface area (Å²) in [6.45, 7) is 13.0. The quantitative estimate of drug-likeness (QED) is 0.658. The van der Waals surface area contributed by atoms with Crippen LogP contribution in [0.2, 0.25) is 0 Å². The van der Waals surface area contributed by atoms with E-state index in [1.54, 1.807) is 0 Å². The molecule has 0 aromatic heterocycles. The summed E-state index contributed by atoms with van der Waals surface area (Å²) >= 11 is 0. The zero-order valence-electron chi connectivity index (χ0n) is 15.9. The molecule has 0 atom stereocenters. The second-order valence-corrected chi connectivity index (χ2v) is 8.64. The number of hydrogen-bond acceptors (Lipinski definition) is 3. The summed E-state index contributed by atoms with van der Waals surface area (Å²) in [4.78, 5) is 36.4. The predicted molar refractivity (Wildman–Crippen MR) is 95.2 cm³/mol. The highest BCUT2D eigenvalue weighted by atomic mass is 16.2. The average Bonchev–Trinajstić information content (AvgIpc) is 2.72. The highest BCUT2D eigenvalue weighted by Crippen LogP contribution is 2.39. The van der Waals surface area contributed by atoms with Crippen LogP contribution in [0.3, 0.4) is 0 Å². The molecule has 24 heavy (non-hydrogen) atoms. The summed E-state index contributed by atoms with van der Waals surface area (Å²) in [6, 6.07) is 0.168. The summed E-state index contributed by atoms with van der Waals surface area (Å²) in [5.41, 5.74) is 0.0102. The lowest BCUT2D eigenvalue weighted by Gasteiger charge is -2.36. The van der Waals surface area contributed by atoms with E-state index in [9.17, 15) is 14.4 Å². The number of carbonyl (C=O) groups is 3. The Hall–Kier alpha value is -1.65. The van der Waals surface area contributed by atoms with E-state index in [2.05, 4.69) is 33.0 Å². The van der Waals surface area contributed by atoms with Crippen molar-refractivity contribution in [1.82, 2.24) is 10.2 Å². The first-order valence-electron chi connectivity index (χ1n) is 8.75. The van der Waals surface area contributed by atoms with E-state index in [0.717, 1.165) is 19.3 Å². The monoisotopic (exact) mass is 336 g/mol. The van der Waals surface area contributed by atoms with Crippen LogP contribution in [-0.2, 0) is 14.4 Å². The van der Waals surface area contributed by atoms with Gasteiger partial charge in [-0.15, -0.1) is 0 Å². The lowest BCUT2D eigenvalue weighted by Crippen LogP contribution is -2.35. The lowest BCUT2D eigenvalue weighted by molar-refractivity contribution is -0.137. The molecule has 0 aliphatic carbocycles. The maximum atomic E-state index is 11.8. The van der Waals surface area contributed by atoms with Gasteiger partial charge in [0, 0.05) is 31.2 Å². The van der Waals surface area contributed by atoms with E-state index >= 15 is 0 Å². The van der Waals surface area contributed by atoms with E-state index < -0.39 is 0 Å². The molecule has 3 amide bonds. The first kappa shape index (κ1) is 20.4. The number of nitrogens with zero attached hydrogens (tertiary/aromatic N) is 1. The fraction of sp³-hybridized carbons (Fsp3) is 0.737. The Labute approximate surface area is 145 Å². The van der Waals surface area contributed by atoms with Gasteiger partial charge in [-0.2, -0.15) is 0 Å². The van der Waals surface area contributed by atoms with Crippen LogP contribution < -0.4 is 5.32 Å². The summed E-state index contributed by atoms with van der Waals surface area (Å²) in [6.07, 6.45) is 5.68. The summed E-state index contributed by atoms with van der Waals surface area (Å²) in [5, 5.41) is 2.92. The molecule has 136 valence electrons. The Balaban J connectivity index is 2.47. The van der Waals surface area contributed by atoms with Crippen LogP contribution in [0.1, 0.15) is 67.2 Å². The molecule has 5 heteroatoms. The first-order chi connectivity index (χ1) is 10.9. The van der Waals surface area contributed by atoms with Gasteiger partial charge in [-0.05, 0) is 43.9 Å². The van der Waals surface area contributed by atoms with Crippen LogP contribution in [-0.4, -0.2) is 35.2 Å². The van der Waals surface area contributed by atoms with Crippen molar-refractivity contribution in [2.45, 2.75) is 73.3 Å². The van der Waals surface area contributed by atoms with Gasteiger partial charge in [-0.3, -0.25) is 19.3 Å². The number of carbonyl (C=O) groups excluding carboxylic acids is 3. The second-order valence-electron chi connectivity index (χ2n) is 8.64. The summed E-state index contributed by atoms with van der Waals surface area (Å²) < 4.78 is 0.